The van der Waals surface area contributed by atoms with Gasteiger partial charge in [0.1, 0.15) is 22.5 Å². The average Bonchev–Trinajstić information content (AvgIpc) is 3.27. The lowest BCUT2D eigenvalue weighted by Gasteiger charge is -2.44. The van der Waals surface area contributed by atoms with Crippen molar-refractivity contribution in [3.8, 4) is 11.3 Å². The molecule has 0 saturated carbocycles. The van der Waals surface area contributed by atoms with E-state index in [0.29, 0.717) is 25.1 Å². The summed E-state index contributed by atoms with van der Waals surface area (Å²) in [7, 11) is 0. The summed E-state index contributed by atoms with van der Waals surface area (Å²) in [6.45, 7) is 14.4. The molecule has 3 N–H and O–H groups in total. The topological polar surface area (TPSA) is 118 Å². The van der Waals surface area contributed by atoms with Crippen molar-refractivity contribution in [2.45, 2.75) is 58.8 Å². The van der Waals surface area contributed by atoms with Crippen LogP contribution in [0.2, 0.25) is 0 Å². The van der Waals surface area contributed by atoms with E-state index in [4.69, 9.17) is 9.97 Å². The molecule has 3 atom stereocenters. The number of anilines is 2. The van der Waals surface area contributed by atoms with Crippen LogP contribution < -0.4 is 20.4 Å². The van der Waals surface area contributed by atoms with E-state index in [2.05, 4.69) is 68.5 Å². The van der Waals surface area contributed by atoms with Crippen LogP contribution in [0.5, 0.6) is 0 Å². The molecule has 2 fully saturated rings. The first-order valence-electron chi connectivity index (χ1n) is 12.8. The van der Waals surface area contributed by atoms with Crippen LogP contribution in [0, 0.1) is 0 Å². The lowest BCUT2D eigenvalue weighted by Crippen LogP contribution is -2.60. The van der Waals surface area contributed by atoms with E-state index >= 15 is 0 Å². The molecule has 2 aliphatic heterocycles. The maximum Gasteiger partial charge on any atom is 0.317 e. The SMILES string of the molecule is CC(C)NC(=O)N1CC(C)N(c2ncc3[nH]nc(-c4ccc(N5CCN[C@H](C)C5)nc4)c3n2)C(C)C1. The number of hydrogen-bond acceptors (Lipinski definition) is 8. The number of aromatic amines is 1. The predicted molar refractivity (Wildman–Crippen MR) is 141 cm³/mol. The summed E-state index contributed by atoms with van der Waals surface area (Å²) in [6, 6.07) is 4.79. The van der Waals surface area contributed by atoms with Crippen molar-refractivity contribution in [3.05, 3.63) is 24.5 Å². The van der Waals surface area contributed by atoms with Gasteiger partial charge in [0.15, 0.2) is 0 Å². The summed E-state index contributed by atoms with van der Waals surface area (Å²) < 4.78 is 0. The number of nitrogens with one attached hydrogen (secondary N) is 3. The molecule has 3 aromatic rings. The van der Waals surface area contributed by atoms with E-state index in [1.54, 1.807) is 6.20 Å². The number of amides is 2. The fourth-order valence-electron chi connectivity index (χ4n) is 5.20. The number of H-pyrrole nitrogens is 1. The number of fused-ring (bicyclic) bond motifs is 1. The van der Waals surface area contributed by atoms with Crippen LogP contribution in [0.25, 0.3) is 22.3 Å². The minimum atomic E-state index is -0.0249. The maximum absolute atomic E-state index is 12.6. The van der Waals surface area contributed by atoms with Gasteiger partial charge < -0.3 is 25.3 Å². The molecule has 3 aromatic heterocycles. The third-order valence-corrected chi connectivity index (χ3v) is 6.85. The van der Waals surface area contributed by atoms with Crippen LogP contribution in [0.1, 0.15) is 34.6 Å². The first kappa shape index (κ1) is 24.2. The summed E-state index contributed by atoms with van der Waals surface area (Å²) in [6.07, 6.45) is 3.66. The van der Waals surface area contributed by atoms with Gasteiger partial charge >= 0.3 is 6.03 Å². The van der Waals surface area contributed by atoms with Crippen molar-refractivity contribution in [1.82, 2.24) is 40.7 Å². The van der Waals surface area contributed by atoms with E-state index in [1.807, 2.05) is 24.9 Å². The fourth-order valence-corrected chi connectivity index (χ4v) is 5.20. The summed E-state index contributed by atoms with van der Waals surface area (Å²) in [5.41, 5.74) is 3.22. The van der Waals surface area contributed by atoms with Crippen LogP contribution in [-0.2, 0) is 0 Å². The third-order valence-electron chi connectivity index (χ3n) is 6.85. The largest absolute Gasteiger partial charge is 0.354 e. The zero-order valence-corrected chi connectivity index (χ0v) is 21.7. The average molecular weight is 493 g/mol. The maximum atomic E-state index is 12.6. The van der Waals surface area contributed by atoms with E-state index in [9.17, 15) is 4.79 Å². The Morgan fingerprint density at radius 1 is 1.08 bits per heavy atom. The molecule has 0 bridgehead atoms. The minimum absolute atomic E-state index is 0.0249. The molecule has 5 heterocycles. The number of rotatable bonds is 4. The minimum Gasteiger partial charge on any atom is -0.354 e. The molecule has 11 nitrogen and oxygen atoms in total. The van der Waals surface area contributed by atoms with Gasteiger partial charge in [0.2, 0.25) is 5.95 Å². The van der Waals surface area contributed by atoms with Crippen molar-refractivity contribution in [2.24, 2.45) is 0 Å². The molecule has 36 heavy (non-hydrogen) atoms. The second-order valence-corrected chi connectivity index (χ2v) is 10.3. The van der Waals surface area contributed by atoms with E-state index in [1.165, 1.54) is 0 Å². The van der Waals surface area contributed by atoms with Gasteiger partial charge in [-0.2, -0.15) is 5.10 Å². The Morgan fingerprint density at radius 2 is 1.86 bits per heavy atom. The van der Waals surface area contributed by atoms with Crippen molar-refractivity contribution in [2.75, 3.05) is 42.5 Å². The Balaban J connectivity index is 1.37. The molecule has 0 aromatic carbocycles. The van der Waals surface area contributed by atoms with Crippen molar-refractivity contribution < 1.29 is 4.79 Å². The zero-order chi connectivity index (χ0) is 25.4. The van der Waals surface area contributed by atoms with Crippen LogP contribution in [0.15, 0.2) is 24.5 Å². The fraction of sp³-hybridized carbons (Fsp3) is 0.560. The monoisotopic (exact) mass is 492 g/mol. The first-order valence-corrected chi connectivity index (χ1v) is 12.8. The highest BCUT2D eigenvalue weighted by molar-refractivity contribution is 5.89. The molecule has 5 rings (SSSR count). The number of aromatic nitrogens is 5. The number of nitrogens with zero attached hydrogens (tertiary/aromatic N) is 7. The van der Waals surface area contributed by atoms with E-state index in [0.717, 1.165) is 47.7 Å². The molecular weight excluding hydrogens is 456 g/mol. The molecule has 2 unspecified atom stereocenters. The first-order chi connectivity index (χ1) is 17.3. The van der Waals surface area contributed by atoms with Gasteiger partial charge in [-0.1, -0.05) is 0 Å². The molecule has 2 amide bonds. The normalized spacial score (nSPS) is 22.9. The molecule has 11 heteroatoms. The van der Waals surface area contributed by atoms with Gasteiger partial charge in [-0.25, -0.2) is 19.7 Å². The number of carbonyl (C=O) groups is 1. The third kappa shape index (κ3) is 4.79. The summed E-state index contributed by atoms with van der Waals surface area (Å²) in [4.78, 5) is 33.2. The Labute approximate surface area is 211 Å². The van der Waals surface area contributed by atoms with Crippen LogP contribution in [0.4, 0.5) is 16.6 Å². The highest BCUT2D eigenvalue weighted by Gasteiger charge is 2.34. The zero-order valence-electron chi connectivity index (χ0n) is 21.7. The van der Waals surface area contributed by atoms with Gasteiger partial charge in [0.25, 0.3) is 0 Å². The lowest BCUT2D eigenvalue weighted by atomic mass is 10.1. The summed E-state index contributed by atoms with van der Waals surface area (Å²) in [5, 5.41) is 14.1. The van der Waals surface area contributed by atoms with Gasteiger partial charge in [0.05, 0.1) is 6.20 Å². The van der Waals surface area contributed by atoms with Crippen LogP contribution in [0.3, 0.4) is 0 Å². The predicted octanol–water partition coefficient (Wildman–Crippen LogP) is 2.23. The van der Waals surface area contributed by atoms with E-state index < -0.39 is 0 Å². The lowest BCUT2D eigenvalue weighted by molar-refractivity contribution is 0.173. The number of piperazine rings is 2. The molecule has 0 spiro atoms. The van der Waals surface area contributed by atoms with Gasteiger partial charge in [-0.3, -0.25) is 5.10 Å². The number of carbonyl (C=O) groups excluding carboxylic acids is 1. The molecule has 192 valence electrons. The number of hydrogen-bond donors (Lipinski definition) is 3. The Hall–Kier alpha value is -3.47. The number of urea groups is 1. The smallest absolute Gasteiger partial charge is 0.317 e. The van der Waals surface area contributed by atoms with Crippen molar-refractivity contribution >= 4 is 28.8 Å². The molecular formula is C25H36N10O. The standard InChI is InChI=1S/C25H36N10O/c1-15(2)29-25(36)34-13-17(4)35(18(5)14-34)24-28-11-20-23(30-24)22(32-31-20)19-6-7-21(27-10-19)33-9-8-26-16(3)12-33/h6-7,10-11,15-18,26H,8-9,12-14H2,1-5H3,(H,29,36)(H,31,32)/t16-,17?,18?/m1/s1. The second-order valence-electron chi connectivity index (χ2n) is 10.3. The highest BCUT2D eigenvalue weighted by atomic mass is 16.2. The summed E-state index contributed by atoms with van der Waals surface area (Å²) in [5.74, 6) is 1.62. The Kier molecular flexibility index (Phi) is 6.65. The molecule has 2 aliphatic rings. The van der Waals surface area contributed by atoms with E-state index in [-0.39, 0.29) is 24.2 Å². The van der Waals surface area contributed by atoms with Crippen LogP contribution >= 0.6 is 0 Å². The van der Waals surface area contributed by atoms with Crippen molar-refractivity contribution in [3.63, 3.8) is 0 Å². The molecule has 0 aliphatic carbocycles. The van der Waals surface area contributed by atoms with Crippen LogP contribution in [-0.4, -0.2) is 93.0 Å². The quantitative estimate of drug-likeness (QED) is 0.508. The second kappa shape index (κ2) is 9.88. The number of pyridine rings is 1. The van der Waals surface area contributed by atoms with Gasteiger partial charge in [-0.15, -0.1) is 0 Å². The van der Waals surface area contributed by atoms with Gasteiger partial charge in [-0.05, 0) is 46.8 Å². The highest BCUT2D eigenvalue weighted by Crippen LogP contribution is 2.29. The van der Waals surface area contributed by atoms with Crippen molar-refractivity contribution in [1.29, 1.82) is 0 Å². The van der Waals surface area contributed by atoms with Gasteiger partial charge in [0, 0.05) is 68.7 Å². The Morgan fingerprint density at radius 3 is 2.53 bits per heavy atom. The molecule has 0 radical (unpaired) electrons. The summed E-state index contributed by atoms with van der Waals surface area (Å²) >= 11 is 0. The Bertz CT molecular complexity index is 1200. The molecule has 2 saturated heterocycles.